The van der Waals surface area contributed by atoms with E-state index in [0.717, 1.165) is 55.3 Å². The zero-order chi connectivity index (χ0) is 37.0. The van der Waals surface area contributed by atoms with E-state index >= 15 is 0 Å². The van der Waals surface area contributed by atoms with Crippen molar-refractivity contribution in [1.29, 1.82) is 0 Å². The summed E-state index contributed by atoms with van der Waals surface area (Å²) >= 11 is 1.85. The molecule has 0 atom stereocenters. The fourth-order valence-corrected chi connectivity index (χ4v) is 8.88. The van der Waals surface area contributed by atoms with E-state index in [-0.39, 0.29) is 0 Å². The Labute approximate surface area is 327 Å². The minimum atomic E-state index is 0.591. The lowest BCUT2D eigenvalue weighted by molar-refractivity contribution is 0.669. The summed E-state index contributed by atoms with van der Waals surface area (Å²) in [4.78, 5) is 15.0. The highest BCUT2D eigenvalue weighted by molar-refractivity contribution is 7.25. The third-order valence-corrected chi connectivity index (χ3v) is 11.7. The van der Waals surface area contributed by atoms with Gasteiger partial charge >= 0.3 is 0 Å². The van der Waals surface area contributed by atoms with Gasteiger partial charge in [0.05, 0.1) is 0 Å². The van der Waals surface area contributed by atoms with Crippen LogP contribution in [0.4, 0.5) is 0 Å². The van der Waals surface area contributed by atoms with Crippen molar-refractivity contribution in [2.45, 2.75) is 0 Å². The van der Waals surface area contributed by atoms with Gasteiger partial charge in [-0.25, -0.2) is 15.0 Å². The molecule has 11 aromatic rings. The maximum atomic E-state index is 6.59. The number of hydrogen-bond donors (Lipinski definition) is 0. The Bertz CT molecular complexity index is 3230. The molecule has 8 aromatic carbocycles. The molecule has 0 spiro atoms. The van der Waals surface area contributed by atoms with Gasteiger partial charge < -0.3 is 4.42 Å². The normalized spacial score (nSPS) is 11.6. The zero-order valence-corrected chi connectivity index (χ0v) is 30.9. The zero-order valence-electron chi connectivity index (χ0n) is 30.1. The largest absolute Gasteiger partial charge is 0.456 e. The topological polar surface area (TPSA) is 51.8 Å². The van der Waals surface area contributed by atoms with E-state index in [1.54, 1.807) is 0 Å². The SMILES string of the molecule is c1ccc(-c2ccc(-c3nc(-c4ccccc4)nc(-c4ccc5c(c4)oc4cccc(-c6ccc7sc8cc(-c9ccccc9)ccc8c7c6)c45)n3)cc2)cc1. The second kappa shape index (κ2) is 13.3. The van der Waals surface area contributed by atoms with Crippen LogP contribution in [0.15, 0.2) is 192 Å². The van der Waals surface area contributed by atoms with Gasteiger partial charge in [-0.2, -0.15) is 0 Å². The molecule has 0 N–H and O–H groups in total. The quantitative estimate of drug-likeness (QED) is 0.171. The van der Waals surface area contributed by atoms with Crippen LogP contribution in [-0.4, -0.2) is 15.0 Å². The first-order valence-electron chi connectivity index (χ1n) is 18.7. The van der Waals surface area contributed by atoms with E-state index in [2.05, 4.69) is 152 Å². The molecule has 56 heavy (non-hydrogen) atoms. The predicted molar refractivity (Wildman–Crippen MR) is 233 cm³/mol. The van der Waals surface area contributed by atoms with Crippen molar-refractivity contribution in [2.75, 3.05) is 0 Å². The number of rotatable bonds is 6. The molecule has 5 heteroatoms. The van der Waals surface area contributed by atoms with Gasteiger partial charge in [0, 0.05) is 47.6 Å². The van der Waals surface area contributed by atoms with Crippen molar-refractivity contribution in [3.63, 3.8) is 0 Å². The molecule has 0 bridgehead atoms. The van der Waals surface area contributed by atoms with Crippen LogP contribution in [0.25, 0.3) is 110 Å². The van der Waals surface area contributed by atoms with E-state index in [1.807, 2.05) is 47.7 Å². The van der Waals surface area contributed by atoms with Gasteiger partial charge in [0.2, 0.25) is 0 Å². The van der Waals surface area contributed by atoms with Gasteiger partial charge in [-0.3, -0.25) is 0 Å². The summed E-state index contributed by atoms with van der Waals surface area (Å²) in [7, 11) is 0. The summed E-state index contributed by atoms with van der Waals surface area (Å²) in [6.45, 7) is 0. The Morgan fingerprint density at radius 1 is 0.321 bits per heavy atom. The fourth-order valence-electron chi connectivity index (χ4n) is 7.75. The van der Waals surface area contributed by atoms with E-state index in [4.69, 9.17) is 19.4 Å². The molecule has 4 nitrogen and oxygen atoms in total. The van der Waals surface area contributed by atoms with Crippen molar-refractivity contribution in [3.8, 4) is 67.5 Å². The number of aromatic nitrogens is 3. The molecule has 0 amide bonds. The third-order valence-electron chi connectivity index (χ3n) is 10.6. The number of fused-ring (bicyclic) bond motifs is 6. The van der Waals surface area contributed by atoms with Crippen LogP contribution in [0.5, 0.6) is 0 Å². The summed E-state index contributed by atoms with van der Waals surface area (Å²) in [6, 6.07) is 65.7. The van der Waals surface area contributed by atoms with Crippen molar-refractivity contribution in [1.82, 2.24) is 15.0 Å². The van der Waals surface area contributed by atoms with Crippen LogP contribution in [0.2, 0.25) is 0 Å². The Hall–Kier alpha value is -7.21. The maximum Gasteiger partial charge on any atom is 0.164 e. The van der Waals surface area contributed by atoms with Crippen molar-refractivity contribution in [2.24, 2.45) is 0 Å². The highest BCUT2D eigenvalue weighted by Gasteiger charge is 2.18. The monoisotopic (exact) mass is 733 g/mol. The van der Waals surface area contributed by atoms with Crippen LogP contribution in [-0.2, 0) is 0 Å². The second-order valence-electron chi connectivity index (χ2n) is 14.0. The molecule has 0 radical (unpaired) electrons. The summed E-state index contributed by atoms with van der Waals surface area (Å²) in [5.74, 6) is 1.83. The number of benzene rings is 8. The molecular weight excluding hydrogens is 703 g/mol. The minimum Gasteiger partial charge on any atom is -0.456 e. The summed E-state index contributed by atoms with van der Waals surface area (Å²) < 4.78 is 9.16. The van der Waals surface area contributed by atoms with Crippen molar-refractivity contribution >= 4 is 53.4 Å². The smallest absolute Gasteiger partial charge is 0.164 e. The van der Waals surface area contributed by atoms with Crippen LogP contribution < -0.4 is 0 Å². The summed E-state index contributed by atoms with van der Waals surface area (Å²) in [5.41, 5.74) is 11.4. The van der Waals surface area contributed by atoms with Gasteiger partial charge in [0.15, 0.2) is 17.5 Å². The molecule has 3 aromatic heterocycles. The lowest BCUT2D eigenvalue weighted by Crippen LogP contribution is -2.00. The number of hydrogen-bond acceptors (Lipinski definition) is 5. The first-order valence-corrected chi connectivity index (χ1v) is 19.5. The molecule has 262 valence electrons. The van der Waals surface area contributed by atoms with Crippen molar-refractivity contribution < 1.29 is 4.42 Å². The molecule has 0 saturated carbocycles. The molecule has 3 heterocycles. The van der Waals surface area contributed by atoms with Crippen LogP contribution in [0, 0.1) is 0 Å². The lowest BCUT2D eigenvalue weighted by atomic mass is 9.97. The maximum absolute atomic E-state index is 6.59. The Balaban J connectivity index is 0.998. The number of thiophene rings is 1. The highest BCUT2D eigenvalue weighted by Crippen LogP contribution is 2.42. The first kappa shape index (κ1) is 32.2. The molecular formula is C51H31N3OS. The first-order chi connectivity index (χ1) is 27.7. The molecule has 11 rings (SSSR count). The number of nitrogens with zero attached hydrogens (tertiary/aromatic N) is 3. The number of furan rings is 1. The summed E-state index contributed by atoms with van der Waals surface area (Å²) in [6.07, 6.45) is 0. The van der Waals surface area contributed by atoms with E-state index < -0.39 is 0 Å². The van der Waals surface area contributed by atoms with E-state index in [0.29, 0.717) is 17.5 Å². The molecule has 0 saturated heterocycles. The molecule has 0 unspecified atom stereocenters. The molecule has 0 aliphatic rings. The van der Waals surface area contributed by atoms with Crippen LogP contribution in [0.3, 0.4) is 0 Å². The van der Waals surface area contributed by atoms with Gasteiger partial charge in [-0.15, -0.1) is 11.3 Å². The molecule has 0 aliphatic heterocycles. The van der Waals surface area contributed by atoms with Gasteiger partial charge in [-0.1, -0.05) is 152 Å². The standard InChI is InChI=1S/C51H31N3OS/c1-4-11-32(12-5-1)34-19-21-36(22-20-34)50-52-49(35-15-8-3-9-16-35)53-51(54-50)39-24-27-42-45(30-39)55-44-18-10-17-40(48(42)44)38-25-28-46-43(29-38)41-26-23-37(31-47(41)56-46)33-13-6-2-7-14-33/h1-31H. The minimum absolute atomic E-state index is 0.591. The van der Waals surface area contributed by atoms with Crippen molar-refractivity contribution in [3.05, 3.63) is 188 Å². The lowest BCUT2D eigenvalue weighted by Gasteiger charge is -2.09. The second-order valence-corrected chi connectivity index (χ2v) is 15.1. The average Bonchev–Trinajstić information content (AvgIpc) is 3.84. The Morgan fingerprint density at radius 3 is 1.57 bits per heavy atom. The Morgan fingerprint density at radius 2 is 0.857 bits per heavy atom. The van der Waals surface area contributed by atoms with Crippen LogP contribution in [0.1, 0.15) is 0 Å². The summed E-state index contributed by atoms with van der Waals surface area (Å²) in [5, 5.41) is 4.69. The average molecular weight is 734 g/mol. The Kier molecular flexibility index (Phi) is 7.64. The fraction of sp³-hybridized carbons (Fsp3) is 0. The molecule has 0 fully saturated rings. The predicted octanol–water partition coefficient (Wildman–Crippen LogP) is 14.1. The van der Waals surface area contributed by atoms with Gasteiger partial charge in [-0.05, 0) is 69.8 Å². The third kappa shape index (κ3) is 5.65. The van der Waals surface area contributed by atoms with E-state index in [9.17, 15) is 0 Å². The highest BCUT2D eigenvalue weighted by atomic mass is 32.1. The van der Waals surface area contributed by atoms with Gasteiger partial charge in [0.25, 0.3) is 0 Å². The molecule has 0 aliphatic carbocycles. The van der Waals surface area contributed by atoms with Gasteiger partial charge in [0.1, 0.15) is 11.2 Å². The van der Waals surface area contributed by atoms with E-state index in [1.165, 1.54) is 36.9 Å². The van der Waals surface area contributed by atoms with Crippen LogP contribution >= 0.6 is 11.3 Å².